The monoisotopic (exact) mass is 233 g/mol. The summed E-state index contributed by atoms with van der Waals surface area (Å²) in [7, 11) is -3.08. The van der Waals surface area contributed by atoms with Gasteiger partial charge in [-0.15, -0.1) is 0 Å². The largest absolute Gasteiger partial charge is 0.398 e. The predicted octanol–water partition coefficient (Wildman–Crippen LogP) is 1.86. The highest BCUT2D eigenvalue weighted by atomic mass is 35.5. The van der Waals surface area contributed by atoms with E-state index in [-0.39, 0.29) is 11.5 Å². The third-order valence-corrected chi connectivity index (χ3v) is 3.92. The highest BCUT2D eigenvalue weighted by Gasteiger charge is 2.13. The van der Waals surface area contributed by atoms with Crippen molar-refractivity contribution in [2.24, 2.45) is 0 Å². The fourth-order valence-electron chi connectivity index (χ4n) is 1.05. The van der Waals surface area contributed by atoms with Crippen LogP contribution in [0.15, 0.2) is 18.2 Å². The molecule has 0 amide bonds. The number of nitrogen functional groups attached to an aromatic ring is 1. The van der Waals surface area contributed by atoms with E-state index in [1.54, 1.807) is 25.1 Å². The first-order chi connectivity index (χ1) is 6.46. The molecule has 0 heterocycles. The van der Waals surface area contributed by atoms with Crippen LogP contribution in [-0.4, -0.2) is 14.2 Å². The van der Waals surface area contributed by atoms with Crippen molar-refractivity contribution in [2.75, 3.05) is 11.5 Å². The maximum absolute atomic E-state index is 11.4. The lowest BCUT2D eigenvalue weighted by atomic mass is 10.2. The number of anilines is 1. The topological polar surface area (TPSA) is 60.2 Å². The Morgan fingerprint density at radius 2 is 2.07 bits per heavy atom. The number of nitrogens with two attached hydrogens (primary N) is 1. The van der Waals surface area contributed by atoms with E-state index in [4.69, 9.17) is 17.3 Å². The first-order valence-electron chi connectivity index (χ1n) is 4.19. The zero-order chi connectivity index (χ0) is 10.8. The summed E-state index contributed by atoms with van der Waals surface area (Å²) in [6, 6.07) is 4.98. The van der Waals surface area contributed by atoms with Crippen LogP contribution < -0.4 is 5.73 Å². The molecule has 5 heteroatoms. The zero-order valence-corrected chi connectivity index (χ0v) is 9.40. The first-order valence-corrected chi connectivity index (χ1v) is 6.39. The van der Waals surface area contributed by atoms with Crippen LogP contribution in [0.5, 0.6) is 0 Å². The molecular formula is C9H12ClNO2S. The normalized spacial score (nSPS) is 11.6. The molecule has 0 aromatic heterocycles. The zero-order valence-electron chi connectivity index (χ0n) is 7.83. The van der Waals surface area contributed by atoms with E-state index in [1.807, 2.05) is 0 Å². The summed E-state index contributed by atoms with van der Waals surface area (Å²) in [5, 5.41) is 0.405. The molecule has 0 bridgehead atoms. The molecule has 0 aliphatic heterocycles. The average Bonchev–Trinajstić information content (AvgIpc) is 2.12. The van der Waals surface area contributed by atoms with Gasteiger partial charge in [-0.3, -0.25) is 0 Å². The summed E-state index contributed by atoms with van der Waals surface area (Å²) in [5.74, 6) is 0.00662. The van der Waals surface area contributed by atoms with Crippen LogP contribution in [-0.2, 0) is 15.6 Å². The van der Waals surface area contributed by atoms with Gasteiger partial charge in [0, 0.05) is 22.0 Å². The first kappa shape index (κ1) is 11.3. The van der Waals surface area contributed by atoms with Gasteiger partial charge in [0.2, 0.25) is 0 Å². The van der Waals surface area contributed by atoms with Crippen molar-refractivity contribution in [2.45, 2.75) is 12.7 Å². The molecule has 0 unspecified atom stereocenters. The summed E-state index contributed by atoms with van der Waals surface area (Å²) < 4.78 is 22.7. The Bertz CT molecular complexity index is 408. The van der Waals surface area contributed by atoms with Crippen LogP contribution in [0.2, 0.25) is 5.02 Å². The summed E-state index contributed by atoms with van der Waals surface area (Å²) in [4.78, 5) is 0. The Morgan fingerprint density at radius 3 is 2.57 bits per heavy atom. The van der Waals surface area contributed by atoms with Crippen molar-refractivity contribution in [3.8, 4) is 0 Å². The number of hydrogen-bond donors (Lipinski definition) is 1. The lowest BCUT2D eigenvalue weighted by Crippen LogP contribution is -2.08. The molecule has 14 heavy (non-hydrogen) atoms. The van der Waals surface area contributed by atoms with Gasteiger partial charge in [-0.25, -0.2) is 8.42 Å². The molecular weight excluding hydrogens is 222 g/mol. The van der Waals surface area contributed by atoms with Crippen molar-refractivity contribution in [1.29, 1.82) is 0 Å². The van der Waals surface area contributed by atoms with Gasteiger partial charge in [-0.2, -0.15) is 0 Å². The molecule has 0 fully saturated rings. The lowest BCUT2D eigenvalue weighted by Gasteiger charge is -2.07. The lowest BCUT2D eigenvalue weighted by molar-refractivity contribution is 0.596. The minimum atomic E-state index is -3.08. The second-order valence-electron chi connectivity index (χ2n) is 2.98. The third-order valence-electron chi connectivity index (χ3n) is 1.96. The second-order valence-corrected chi connectivity index (χ2v) is 5.74. The quantitative estimate of drug-likeness (QED) is 0.811. The van der Waals surface area contributed by atoms with Crippen LogP contribution in [0.3, 0.4) is 0 Å². The van der Waals surface area contributed by atoms with Gasteiger partial charge in [0.05, 0.1) is 5.75 Å². The number of sulfone groups is 1. The van der Waals surface area contributed by atoms with Crippen LogP contribution in [0.1, 0.15) is 12.5 Å². The number of rotatable bonds is 3. The molecule has 0 aliphatic rings. The number of benzene rings is 1. The van der Waals surface area contributed by atoms with Gasteiger partial charge < -0.3 is 5.73 Å². The van der Waals surface area contributed by atoms with Gasteiger partial charge in [-0.1, -0.05) is 24.6 Å². The highest BCUT2D eigenvalue weighted by molar-refractivity contribution is 7.90. The van der Waals surface area contributed by atoms with E-state index in [9.17, 15) is 8.42 Å². The van der Waals surface area contributed by atoms with Crippen LogP contribution in [0, 0.1) is 0 Å². The molecule has 1 aromatic carbocycles. The van der Waals surface area contributed by atoms with Crippen LogP contribution in [0.4, 0.5) is 5.69 Å². The molecule has 0 spiro atoms. The molecule has 0 atom stereocenters. The summed E-state index contributed by atoms with van der Waals surface area (Å²) >= 11 is 5.85. The van der Waals surface area contributed by atoms with E-state index >= 15 is 0 Å². The minimum absolute atomic E-state index is 0.0883. The van der Waals surface area contributed by atoms with Gasteiger partial charge in [0.15, 0.2) is 9.84 Å². The van der Waals surface area contributed by atoms with E-state index in [0.717, 1.165) is 0 Å². The highest BCUT2D eigenvalue weighted by Crippen LogP contribution is 2.24. The summed E-state index contributed by atoms with van der Waals surface area (Å²) in [5.41, 5.74) is 6.56. The Kier molecular flexibility index (Phi) is 3.39. The van der Waals surface area contributed by atoms with E-state index < -0.39 is 9.84 Å². The van der Waals surface area contributed by atoms with E-state index in [2.05, 4.69) is 0 Å². The van der Waals surface area contributed by atoms with Gasteiger partial charge in [0.1, 0.15) is 0 Å². The molecule has 0 aliphatic carbocycles. The smallest absolute Gasteiger partial charge is 0.154 e. The van der Waals surface area contributed by atoms with Crippen molar-refractivity contribution in [1.82, 2.24) is 0 Å². The SMILES string of the molecule is CCS(=O)(=O)Cc1c(N)cccc1Cl. The van der Waals surface area contributed by atoms with Crippen molar-refractivity contribution in [3.05, 3.63) is 28.8 Å². The Balaban J connectivity index is 3.09. The second kappa shape index (κ2) is 4.19. The Morgan fingerprint density at radius 1 is 1.43 bits per heavy atom. The standard InChI is InChI=1S/C9H12ClNO2S/c1-2-14(12,13)6-7-8(10)4-3-5-9(7)11/h3-5H,2,6,11H2,1H3. The molecule has 1 aromatic rings. The fraction of sp³-hybridized carbons (Fsp3) is 0.333. The number of hydrogen-bond acceptors (Lipinski definition) is 3. The third kappa shape index (κ3) is 2.62. The maximum Gasteiger partial charge on any atom is 0.154 e. The summed E-state index contributed by atoms with van der Waals surface area (Å²) in [6.07, 6.45) is 0. The average molecular weight is 234 g/mol. The van der Waals surface area contributed by atoms with Gasteiger partial charge in [-0.05, 0) is 12.1 Å². The van der Waals surface area contributed by atoms with Crippen LogP contribution in [0.25, 0.3) is 0 Å². The molecule has 3 nitrogen and oxygen atoms in total. The van der Waals surface area contributed by atoms with Gasteiger partial charge in [0.25, 0.3) is 0 Å². The van der Waals surface area contributed by atoms with Crippen molar-refractivity contribution in [3.63, 3.8) is 0 Å². The number of halogens is 1. The molecule has 0 radical (unpaired) electrons. The molecule has 0 saturated carbocycles. The molecule has 1 rings (SSSR count). The van der Waals surface area contributed by atoms with E-state index in [1.165, 1.54) is 0 Å². The van der Waals surface area contributed by atoms with Crippen molar-refractivity contribution >= 4 is 27.1 Å². The van der Waals surface area contributed by atoms with Gasteiger partial charge >= 0.3 is 0 Å². The maximum atomic E-state index is 11.4. The van der Waals surface area contributed by atoms with Crippen molar-refractivity contribution < 1.29 is 8.42 Å². The van der Waals surface area contributed by atoms with Crippen LogP contribution >= 0.6 is 11.6 Å². The molecule has 78 valence electrons. The fourth-order valence-corrected chi connectivity index (χ4v) is 2.34. The molecule has 2 N–H and O–H groups in total. The minimum Gasteiger partial charge on any atom is -0.398 e. The Labute approximate surface area is 88.8 Å². The predicted molar refractivity (Wildman–Crippen MR) is 59.0 cm³/mol. The molecule has 0 saturated heterocycles. The van der Waals surface area contributed by atoms with E-state index in [0.29, 0.717) is 16.3 Å². The summed E-state index contributed by atoms with van der Waals surface area (Å²) in [6.45, 7) is 1.60. The Hall–Kier alpha value is -0.740.